The van der Waals surface area contributed by atoms with Crippen molar-refractivity contribution in [2.24, 2.45) is 11.8 Å². The molecule has 1 aliphatic rings. The molecule has 142 valence electrons. The van der Waals surface area contributed by atoms with E-state index in [-0.39, 0.29) is 23.7 Å². The Labute approximate surface area is 154 Å². The number of hydrogen-bond acceptors (Lipinski definition) is 4. The molecule has 6 heteroatoms. The number of nitrogens with one attached hydrogen (secondary N) is 1. The molecule has 0 aliphatic heterocycles. The molecule has 1 aliphatic carbocycles. The topological polar surface area (TPSA) is 75.7 Å². The SMILES string of the molecule is CCN(CC)C(=O)C1CCC(C(=O)Nc2ccccc2C(=O)OC)CC1. The van der Waals surface area contributed by atoms with Gasteiger partial charge in [-0.2, -0.15) is 0 Å². The van der Waals surface area contributed by atoms with E-state index in [1.807, 2.05) is 18.7 Å². The van der Waals surface area contributed by atoms with Gasteiger partial charge in [-0.1, -0.05) is 12.1 Å². The maximum atomic E-state index is 12.6. The van der Waals surface area contributed by atoms with Gasteiger partial charge in [-0.15, -0.1) is 0 Å². The van der Waals surface area contributed by atoms with Crippen LogP contribution in [0.4, 0.5) is 5.69 Å². The Bertz CT molecular complexity index is 647. The highest BCUT2D eigenvalue weighted by Crippen LogP contribution is 2.31. The summed E-state index contributed by atoms with van der Waals surface area (Å²) in [6, 6.07) is 6.81. The Morgan fingerprint density at radius 2 is 1.62 bits per heavy atom. The van der Waals surface area contributed by atoms with Crippen LogP contribution in [0.15, 0.2) is 24.3 Å². The van der Waals surface area contributed by atoms with E-state index in [0.717, 1.165) is 25.9 Å². The van der Waals surface area contributed by atoms with E-state index in [2.05, 4.69) is 5.32 Å². The number of esters is 1. The third kappa shape index (κ3) is 4.62. The van der Waals surface area contributed by atoms with E-state index in [9.17, 15) is 14.4 Å². The molecule has 1 aromatic rings. The van der Waals surface area contributed by atoms with E-state index < -0.39 is 5.97 Å². The van der Waals surface area contributed by atoms with Crippen molar-refractivity contribution in [3.63, 3.8) is 0 Å². The molecule has 0 unspecified atom stereocenters. The molecule has 0 spiro atoms. The first-order valence-corrected chi connectivity index (χ1v) is 9.28. The second-order valence-electron chi connectivity index (χ2n) is 6.59. The van der Waals surface area contributed by atoms with Gasteiger partial charge in [-0.05, 0) is 51.7 Å². The van der Waals surface area contributed by atoms with Gasteiger partial charge in [0.25, 0.3) is 0 Å². The first-order chi connectivity index (χ1) is 12.5. The van der Waals surface area contributed by atoms with Crippen molar-refractivity contribution in [2.45, 2.75) is 39.5 Å². The van der Waals surface area contributed by atoms with Crippen molar-refractivity contribution >= 4 is 23.5 Å². The molecule has 0 bridgehead atoms. The molecule has 0 saturated heterocycles. The standard InChI is InChI=1S/C20H28N2O4/c1-4-22(5-2)19(24)15-12-10-14(11-13-15)18(23)21-17-9-7-6-8-16(17)20(25)26-3/h6-9,14-15H,4-5,10-13H2,1-3H3,(H,21,23). The molecule has 2 amide bonds. The fourth-order valence-corrected chi connectivity index (χ4v) is 3.51. The monoisotopic (exact) mass is 360 g/mol. The van der Waals surface area contributed by atoms with Gasteiger partial charge < -0.3 is 15.0 Å². The number of benzene rings is 1. The van der Waals surface area contributed by atoms with Gasteiger partial charge in [-0.25, -0.2) is 4.79 Å². The zero-order valence-corrected chi connectivity index (χ0v) is 15.8. The average Bonchev–Trinajstić information content (AvgIpc) is 2.68. The molecule has 26 heavy (non-hydrogen) atoms. The normalized spacial score (nSPS) is 19.5. The summed E-state index contributed by atoms with van der Waals surface area (Å²) in [7, 11) is 1.31. The fourth-order valence-electron chi connectivity index (χ4n) is 3.51. The largest absolute Gasteiger partial charge is 0.465 e. The predicted molar refractivity (Wildman–Crippen MR) is 99.8 cm³/mol. The third-order valence-electron chi connectivity index (χ3n) is 5.11. The van der Waals surface area contributed by atoms with Crippen LogP contribution in [0.1, 0.15) is 49.9 Å². The van der Waals surface area contributed by atoms with Crippen molar-refractivity contribution in [3.8, 4) is 0 Å². The molecule has 0 atom stereocenters. The highest BCUT2D eigenvalue weighted by molar-refractivity contribution is 6.01. The Morgan fingerprint density at radius 3 is 2.19 bits per heavy atom. The lowest BCUT2D eigenvalue weighted by atomic mass is 9.81. The number of amides is 2. The summed E-state index contributed by atoms with van der Waals surface area (Å²) in [6.07, 6.45) is 2.83. The summed E-state index contributed by atoms with van der Waals surface area (Å²) in [4.78, 5) is 38.7. The maximum absolute atomic E-state index is 12.6. The molecule has 0 heterocycles. The van der Waals surface area contributed by atoms with Gasteiger partial charge in [0.1, 0.15) is 0 Å². The highest BCUT2D eigenvalue weighted by Gasteiger charge is 2.31. The second kappa shape index (κ2) is 9.36. The minimum absolute atomic E-state index is 0.0151. The average molecular weight is 360 g/mol. The Morgan fingerprint density at radius 1 is 1.04 bits per heavy atom. The molecule has 1 saturated carbocycles. The number of carbonyl (C=O) groups is 3. The second-order valence-corrected chi connectivity index (χ2v) is 6.59. The zero-order chi connectivity index (χ0) is 19.1. The van der Waals surface area contributed by atoms with Crippen LogP contribution < -0.4 is 5.32 Å². The van der Waals surface area contributed by atoms with Crippen molar-refractivity contribution in [3.05, 3.63) is 29.8 Å². The summed E-state index contributed by atoms with van der Waals surface area (Å²) in [5.41, 5.74) is 0.805. The van der Waals surface area contributed by atoms with E-state index in [1.165, 1.54) is 7.11 Å². The minimum atomic E-state index is -0.477. The number of rotatable bonds is 6. The summed E-state index contributed by atoms with van der Waals surface area (Å²) in [5, 5.41) is 2.85. The van der Waals surface area contributed by atoms with Crippen molar-refractivity contribution in [1.82, 2.24) is 4.90 Å². The summed E-state index contributed by atoms with van der Waals surface area (Å²) >= 11 is 0. The Balaban J connectivity index is 1.95. The van der Waals surface area contributed by atoms with E-state index in [0.29, 0.717) is 24.1 Å². The van der Waals surface area contributed by atoms with Gasteiger partial charge >= 0.3 is 5.97 Å². The first-order valence-electron chi connectivity index (χ1n) is 9.28. The third-order valence-corrected chi connectivity index (χ3v) is 5.11. The van der Waals surface area contributed by atoms with Gasteiger partial charge in [0.05, 0.1) is 18.4 Å². The minimum Gasteiger partial charge on any atom is -0.465 e. The number of nitrogens with zero attached hydrogens (tertiary/aromatic N) is 1. The van der Waals surface area contributed by atoms with Crippen LogP contribution in [0, 0.1) is 11.8 Å². The van der Waals surface area contributed by atoms with Crippen molar-refractivity contribution in [1.29, 1.82) is 0 Å². The molecule has 1 fully saturated rings. The van der Waals surface area contributed by atoms with Crippen molar-refractivity contribution in [2.75, 3.05) is 25.5 Å². The molecular formula is C20H28N2O4. The van der Waals surface area contributed by atoms with Crippen LogP contribution in [0.2, 0.25) is 0 Å². The maximum Gasteiger partial charge on any atom is 0.339 e. The van der Waals surface area contributed by atoms with Crippen LogP contribution in [0.3, 0.4) is 0 Å². The van der Waals surface area contributed by atoms with Crippen LogP contribution in [0.5, 0.6) is 0 Å². The quantitative estimate of drug-likeness (QED) is 0.791. The fraction of sp³-hybridized carbons (Fsp3) is 0.550. The predicted octanol–water partition coefficient (Wildman–Crippen LogP) is 3.09. The Kier molecular flexibility index (Phi) is 7.18. The van der Waals surface area contributed by atoms with Gasteiger partial charge in [0.15, 0.2) is 0 Å². The molecule has 0 aromatic heterocycles. The zero-order valence-electron chi connectivity index (χ0n) is 15.8. The number of methoxy groups -OCH3 is 1. The van der Waals surface area contributed by atoms with Gasteiger partial charge in [0, 0.05) is 24.9 Å². The summed E-state index contributed by atoms with van der Waals surface area (Å²) < 4.78 is 4.76. The summed E-state index contributed by atoms with van der Waals surface area (Å²) in [6.45, 7) is 5.42. The molecule has 2 rings (SSSR count). The van der Waals surface area contributed by atoms with Crippen LogP contribution >= 0.6 is 0 Å². The number of anilines is 1. The number of hydrogen-bond donors (Lipinski definition) is 1. The number of para-hydroxylation sites is 1. The lowest BCUT2D eigenvalue weighted by Gasteiger charge is -2.30. The lowest BCUT2D eigenvalue weighted by Crippen LogP contribution is -2.38. The Hall–Kier alpha value is -2.37. The molecule has 1 aromatic carbocycles. The van der Waals surface area contributed by atoms with Gasteiger partial charge in [-0.3, -0.25) is 9.59 Å². The van der Waals surface area contributed by atoms with Crippen LogP contribution in [-0.4, -0.2) is 42.9 Å². The van der Waals surface area contributed by atoms with Crippen LogP contribution in [0.25, 0.3) is 0 Å². The molecule has 6 nitrogen and oxygen atoms in total. The molecular weight excluding hydrogens is 332 g/mol. The van der Waals surface area contributed by atoms with E-state index in [1.54, 1.807) is 24.3 Å². The molecule has 0 radical (unpaired) electrons. The van der Waals surface area contributed by atoms with E-state index in [4.69, 9.17) is 4.74 Å². The first kappa shape index (κ1) is 19.9. The number of carbonyl (C=O) groups excluding carboxylic acids is 3. The van der Waals surface area contributed by atoms with E-state index >= 15 is 0 Å². The van der Waals surface area contributed by atoms with Crippen molar-refractivity contribution < 1.29 is 19.1 Å². The van der Waals surface area contributed by atoms with Crippen LogP contribution in [-0.2, 0) is 14.3 Å². The van der Waals surface area contributed by atoms with Gasteiger partial charge in [0.2, 0.25) is 11.8 Å². The summed E-state index contributed by atoms with van der Waals surface area (Å²) in [5.74, 6) is -0.503. The number of ether oxygens (including phenoxy) is 1. The smallest absolute Gasteiger partial charge is 0.339 e. The molecule has 1 N–H and O–H groups in total. The lowest BCUT2D eigenvalue weighted by molar-refractivity contribution is -0.137. The highest BCUT2D eigenvalue weighted by atomic mass is 16.5.